The molecular formula is C25H20ClNO6. The predicted octanol–water partition coefficient (Wildman–Crippen LogP) is 5.65. The van der Waals surface area contributed by atoms with Crippen LogP contribution in [0.5, 0.6) is 23.0 Å². The molecule has 0 saturated heterocycles. The highest BCUT2D eigenvalue weighted by atomic mass is 35.5. The molecule has 8 heteroatoms. The van der Waals surface area contributed by atoms with Crippen molar-refractivity contribution in [1.29, 1.82) is 0 Å². The Bertz CT molecular complexity index is 1330. The van der Waals surface area contributed by atoms with Crippen LogP contribution < -0.4 is 25.0 Å². The minimum Gasteiger partial charge on any atom is -0.494 e. The van der Waals surface area contributed by atoms with E-state index in [1.807, 2.05) is 6.92 Å². The van der Waals surface area contributed by atoms with Crippen LogP contribution in [0, 0.1) is 0 Å². The second-order valence-corrected chi connectivity index (χ2v) is 7.32. The SMILES string of the molecule is CCOc1ccc(NC(=O)COc2ccc3c(=O)c(Oc4ccccc4Cl)coc3c2)cc1. The smallest absolute Gasteiger partial charge is 0.262 e. The van der Waals surface area contributed by atoms with Gasteiger partial charge in [0.1, 0.15) is 29.1 Å². The Morgan fingerprint density at radius 3 is 2.48 bits per heavy atom. The molecule has 4 aromatic rings. The van der Waals surface area contributed by atoms with Gasteiger partial charge in [0.2, 0.25) is 11.2 Å². The van der Waals surface area contributed by atoms with Gasteiger partial charge in [-0.25, -0.2) is 0 Å². The number of benzene rings is 3. The highest BCUT2D eigenvalue weighted by Gasteiger charge is 2.12. The number of nitrogens with one attached hydrogen (secondary N) is 1. The Morgan fingerprint density at radius 2 is 1.73 bits per heavy atom. The van der Waals surface area contributed by atoms with Gasteiger partial charge in [0, 0.05) is 11.8 Å². The predicted molar refractivity (Wildman–Crippen MR) is 126 cm³/mol. The third kappa shape index (κ3) is 5.45. The molecule has 33 heavy (non-hydrogen) atoms. The summed E-state index contributed by atoms with van der Waals surface area (Å²) < 4.78 is 22.1. The number of hydrogen-bond acceptors (Lipinski definition) is 6. The summed E-state index contributed by atoms with van der Waals surface area (Å²) in [7, 11) is 0. The molecule has 0 aliphatic carbocycles. The van der Waals surface area contributed by atoms with Gasteiger partial charge < -0.3 is 23.9 Å². The first kappa shape index (κ1) is 22.2. The van der Waals surface area contributed by atoms with Gasteiger partial charge in [0.25, 0.3) is 5.91 Å². The maximum absolute atomic E-state index is 12.7. The maximum atomic E-state index is 12.7. The summed E-state index contributed by atoms with van der Waals surface area (Å²) in [6.07, 6.45) is 1.22. The summed E-state index contributed by atoms with van der Waals surface area (Å²) in [5, 5.41) is 3.43. The van der Waals surface area contributed by atoms with Crippen LogP contribution in [0.15, 0.2) is 82.2 Å². The topological polar surface area (TPSA) is 87.0 Å². The molecule has 7 nitrogen and oxygen atoms in total. The van der Waals surface area contributed by atoms with Gasteiger partial charge in [-0.3, -0.25) is 9.59 Å². The number of carbonyl (C=O) groups is 1. The average molecular weight is 466 g/mol. The number of rotatable bonds is 8. The zero-order valence-electron chi connectivity index (χ0n) is 17.7. The third-order valence-electron chi connectivity index (χ3n) is 4.59. The zero-order valence-corrected chi connectivity index (χ0v) is 18.4. The molecule has 0 aliphatic heterocycles. The molecule has 1 aromatic heterocycles. The Balaban J connectivity index is 1.41. The number of halogens is 1. The van der Waals surface area contributed by atoms with Crippen molar-refractivity contribution in [3.05, 3.63) is 88.2 Å². The summed E-state index contributed by atoms with van der Waals surface area (Å²) in [5.74, 6) is 1.14. The van der Waals surface area contributed by atoms with Crippen LogP contribution in [0.3, 0.4) is 0 Å². The molecule has 0 unspecified atom stereocenters. The monoisotopic (exact) mass is 465 g/mol. The fourth-order valence-electron chi connectivity index (χ4n) is 3.04. The first-order valence-corrected chi connectivity index (χ1v) is 10.5. The highest BCUT2D eigenvalue weighted by Crippen LogP contribution is 2.29. The van der Waals surface area contributed by atoms with Gasteiger partial charge in [-0.05, 0) is 55.5 Å². The number of ether oxygens (including phenoxy) is 3. The first-order valence-electron chi connectivity index (χ1n) is 10.2. The van der Waals surface area contributed by atoms with E-state index >= 15 is 0 Å². The van der Waals surface area contributed by atoms with E-state index in [4.69, 9.17) is 30.2 Å². The molecule has 0 radical (unpaired) electrons. The van der Waals surface area contributed by atoms with Crippen molar-refractivity contribution in [2.75, 3.05) is 18.5 Å². The van der Waals surface area contributed by atoms with Crippen molar-refractivity contribution >= 4 is 34.2 Å². The Labute approximate surface area is 194 Å². The van der Waals surface area contributed by atoms with Crippen LogP contribution in [0.1, 0.15) is 6.92 Å². The molecule has 0 saturated carbocycles. The van der Waals surface area contributed by atoms with Gasteiger partial charge in [-0.2, -0.15) is 0 Å². The molecule has 0 atom stereocenters. The van der Waals surface area contributed by atoms with Gasteiger partial charge in [-0.15, -0.1) is 0 Å². The minimum absolute atomic E-state index is 0.0130. The van der Waals surface area contributed by atoms with E-state index in [0.29, 0.717) is 39.8 Å². The lowest BCUT2D eigenvalue weighted by Gasteiger charge is -2.10. The van der Waals surface area contributed by atoms with Crippen LogP contribution in [0.4, 0.5) is 5.69 Å². The molecular weight excluding hydrogens is 446 g/mol. The fourth-order valence-corrected chi connectivity index (χ4v) is 3.22. The van der Waals surface area contributed by atoms with Crippen molar-refractivity contribution in [2.24, 2.45) is 0 Å². The molecule has 3 aromatic carbocycles. The van der Waals surface area contributed by atoms with E-state index in [9.17, 15) is 9.59 Å². The fraction of sp³-hybridized carbons (Fsp3) is 0.120. The molecule has 0 spiro atoms. The van der Waals surface area contributed by atoms with Crippen LogP contribution in [0.25, 0.3) is 11.0 Å². The number of para-hydroxylation sites is 1. The van der Waals surface area contributed by atoms with E-state index < -0.39 is 0 Å². The van der Waals surface area contributed by atoms with E-state index in [1.165, 1.54) is 6.26 Å². The number of amides is 1. The number of hydrogen-bond donors (Lipinski definition) is 1. The quantitative estimate of drug-likeness (QED) is 0.361. The number of fused-ring (bicyclic) bond motifs is 1. The summed E-state index contributed by atoms with van der Waals surface area (Å²) in [4.78, 5) is 24.9. The largest absolute Gasteiger partial charge is 0.494 e. The Morgan fingerprint density at radius 1 is 0.970 bits per heavy atom. The van der Waals surface area contributed by atoms with Gasteiger partial charge in [0.15, 0.2) is 6.61 Å². The lowest BCUT2D eigenvalue weighted by Crippen LogP contribution is -2.20. The molecule has 4 rings (SSSR count). The number of carbonyl (C=O) groups excluding carboxylic acids is 1. The summed E-state index contributed by atoms with van der Waals surface area (Å²) in [6.45, 7) is 2.26. The second kappa shape index (κ2) is 10.1. The number of anilines is 1. The lowest BCUT2D eigenvalue weighted by atomic mass is 10.2. The van der Waals surface area contributed by atoms with Crippen molar-refractivity contribution in [1.82, 2.24) is 0 Å². The van der Waals surface area contributed by atoms with Crippen LogP contribution >= 0.6 is 11.6 Å². The minimum atomic E-state index is -0.351. The van der Waals surface area contributed by atoms with Crippen molar-refractivity contribution in [3.63, 3.8) is 0 Å². The van der Waals surface area contributed by atoms with E-state index in [0.717, 1.165) is 5.75 Å². The van der Waals surface area contributed by atoms with Gasteiger partial charge >= 0.3 is 0 Å². The summed E-state index contributed by atoms with van der Waals surface area (Å²) in [6, 6.07) is 18.5. The van der Waals surface area contributed by atoms with Crippen molar-refractivity contribution in [3.8, 4) is 23.0 Å². The molecule has 1 heterocycles. The van der Waals surface area contributed by atoms with Crippen LogP contribution in [0.2, 0.25) is 5.02 Å². The molecule has 1 amide bonds. The van der Waals surface area contributed by atoms with Crippen molar-refractivity contribution < 1.29 is 23.4 Å². The molecule has 0 bridgehead atoms. The lowest BCUT2D eigenvalue weighted by molar-refractivity contribution is -0.118. The maximum Gasteiger partial charge on any atom is 0.262 e. The van der Waals surface area contributed by atoms with Gasteiger partial charge in [-0.1, -0.05) is 23.7 Å². The molecule has 0 aliphatic rings. The normalized spacial score (nSPS) is 10.6. The van der Waals surface area contributed by atoms with E-state index in [-0.39, 0.29) is 23.7 Å². The summed E-state index contributed by atoms with van der Waals surface area (Å²) in [5.41, 5.74) is 0.578. The highest BCUT2D eigenvalue weighted by molar-refractivity contribution is 6.32. The van der Waals surface area contributed by atoms with E-state index in [2.05, 4.69) is 5.32 Å². The zero-order chi connectivity index (χ0) is 23.2. The van der Waals surface area contributed by atoms with Gasteiger partial charge in [0.05, 0.1) is 17.0 Å². The summed E-state index contributed by atoms with van der Waals surface area (Å²) >= 11 is 6.08. The standard InChI is InChI=1S/C25H20ClNO6/c1-2-30-17-9-7-16(8-10-17)27-24(28)15-31-18-11-12-19-22(13-18)32-14-23(25(19)29)33-21-6-4-3-5-20(21)26/h3-14H,2,15H2,1H3,(H,27,28). The Kier molecular flexibility index (Phi) is 6.80. The van der Waals surface area contributed by atoms with E-state index in [1.54, 1.807) is 66.7 Å². The molecule has 168 valence electrons. The second-order valence-electron chi connectivity index (χ2n) is 6.91. The molecule has 0 fully saturated rings. The third-order valence-corrected chi connectivity index (χ3v) is 4.90. The van der Waals surface area contributed by atoms with Crippen LogP contribution in [-0.2, 0) is 4.79 Å². The molecule has 1 N–H and O–H groups in total. The Hall–Kier alpha value is -3.97. The average Bonchev–Trinajstić information content (AvgIpc) is 2.82. The van der Waals surface area contributed by atoms with Crippen LogP contribution in [-0.4, -0.2) is 19.1 Å². The van der Waals surface area contributed by atoms with Crippen molar-refractivity contribution in [2.45, 2.75) is 6.92 Å². The first-order chi connectivity index (χ1) is 16.0.